The van der Waals surface area contributed by atoms with Gasteiger partial charge in [0.2, 0.25) is 0 Å². The van der Waals surface area contributed by atoms with E-state index in [9.17, 15) is 14.4 Å². The lowest BCUT2D eigenvalue weighted by Crippen LogP contribution is -2.32. The van der Waals surface area contributed by atoms with Crippen molar-refractivity contribution in [2.75, 3.05) is 14.2 Å². The van der Waals surface area contributed by atoms with Crippen LogP contribution in [-0.4, -0.2) is 44.5 Å². The van der Waals surface area contributed by atoms with Gasteiger partial charge >= 0.3 is 18.1 Å². The lowest BCUT2D eigenvalue weighted by molar-refractivity contribution is -0.170. The summed E-state index contributed by atoms with van der Waals surface area (Å²) in [6.45, 7) is 2.64. The molecule has 0 N–H and O–H groups in total. The molecule has 2 atom stereocenters. The van der Waals surface area contributed by atoms with E-state index >= 15 is 0 Å². The Hall–Kier alpha value is -1.79. The molecule has 0 radical (unpaired) electrons. The van der Waals surface area contributed by atoms with Crippen molar-refractivity contribution in [3.63, 3.8) is 0 Å². The fraction of sp³-hybridized carbons (Fsp3) is 0.667. The molecule has 0 saturated heterocycles. The van der Waals surface area contributed by atoms with Gasteiger partial charge in [0.05, 0.1) is 14.2 Å². The Bertz CT molecular complexity index is 273. The van der Waals surface area contributed by atoms with Crippen molar-refractivity contribution in [2.45, 2.75) is 26.1 Å². The maximum atomic E-state index is 11.3. The number of esters is 2. The first-order chi connectivity index (χ1) is 7.42. The second-order valence-corrected chi connectivity index (χ2v) is 2.82. The van der Waals surface area contributed by atoms with E-state index in [2.05, 4.69) is 18.9 Å². The summed E-state index contributed by atoms with van der Waals surface area (Å²) >= 11 is 0. The molecule has 0 saturated carbocycles. The van der Waals surface area contributed by atoms with Crippen LogP contribution in [0.4, 0.5) is 4.79 Å². The van der Waals surface area contributed by atoms with Gasteiger partial charge in [0.15, 0.2) is 12.2 Å². The normalized spacial score (nSPS) is 13.2. The molecule has 0 aromatic carbocycles. The first kappa shape index (κ1) is 14.2. The molecule has 0 aromatic heterocycles. The zero-order valence-corrected chi connectivity index (χ0v) is 9.51. The molecule has 0 spiro atoms. The molecule has 0 bridgehead atoms. The summed E-state index contributed by atoms with van der Waals surface area (Å²) in [5, 5.41) is 0. The van der Waals surface area contributed by atoms with Crippen molar-refractivity contribution in [1.29, 1.82) is 0 Å². The topological polar surface area (TPSA) is 88.1 Å². The van der Waals surface area contributed by atoms with Crippen molar-refractivity contribution >= 4 is 18.1 Å². The van der Waals surface area contributed by atoms with Crippen LogP contribution in [0.3, 0.4) is 0 Å². The van der Waals surface area contributed by atoms with E-state index in [4.69, 9.17) is 0 Å². The largest absolute Gasteiger partial charge is 0.508 e. The molecular formula is C9H14O7. The second kappa shape index (κ2) is 6.65. The molecule has 0 rings (SSSR count). The minimum atomic E-state index is -1.15. The van der Waals surface area contributed by atoms with Crippen molar-refractivity contribution in [3.05, 3.63) is 0 Å². The molecule has 0 aliphatic carbocycles. The summed E-state index contributed by atoms with van der Waals surface area (Å²) < 4.78 is 17.7. The average molecular weight is 234 g/mol. The smallest absolute Gasteiger partial charge is 0.466 e. The highest BCUT2D eigenvalue weighted by molar-refractivity contribution is 5.81. The maximum Gasteiger partial charge on any atom is 0.508 e. The van der Waals surface area contributed by atoms with Crippen LogP contribution < -0.4 is 0 Å². The summed E-state index contributed by atoms with van der Waals surface area (Å²) in [5.74, 6) is -1.55. The van der Waals surface area contributed by atoms with Crippen molar-refractivity contribution in [2.24, 2.45) is 0 Å². The molecule has 7 nitrogen and oxygen atoms in total. The van der Waals surface area contributed by atoms with Crippen LogP contribution in [0.1, 0.15) is 13.8 Å². The minimum absolute atomic E-state index is 0.696. The maximum absolute atomic E-state index is 11.3. The summed E-state index contributed by atoms with van der Waals surface area (Å²) in [5.41, 5.74) is 0. The monoisotopic (exact) mass is 234 g/mol. The number of carbonyl (C=O) groups excluding carboxylic acids is 3. The highest BCUT2D eigenvalue weighted by atomic mass is 16.7. The van der Waals surface area contributed by atoms with Gasteiger partial charge in [-0.25, -0.2) is 14.4 Å². The average Bonchev–Trinajstić information content (AvgIpc) is 2.27. The Morgan fingerprint density at radius 3 is 1.75 bits per heavy atom. The van der Waals surface area contributed by atoms with Crippen LogP contribution in [-0.2, 0) is 28.5 Å². The minimum Gasteiger partial charge on any atom is -0.466 e. The molecular weight excluding hydrogens is 220 g/mol. The SMILES string of the molecule is COC(=O)OC(C)C(=O)OC(C)C(=O)OC. The van der Waals surface area contributed by atoms with Gasteiger partial charge in [0.25, 0.3) is 0 Å². The number of ether oxygens (including phenoxy) is 4. The highest BCUT2D eigenvalue weighted by Crippen LogP contribution is 2.01. The van der Waals surface area contributed by atoms with Gasteiger partial charge in [-0.3, -0.25) is 0 Å². The fourth-order valence-corrected chi connectivity index (χ4v) is 0.725. The van der Waals surface area contributed by atoms with Gasteiger partial charge < -0.3 is 18.9 Å². The lowest BCUT2D eigenvalue weighted by Gasteiger charge is -2.14. The van der Waals surface area contributed by atoms with Crippen molar-refractivity contribution in [1.82, 2.24) is 0 Å². The Morgan fingerprint density at radius 2 is 1.31 bits per heavy atom. The summed E-state index contributed by atoms with van der Waals surface area (Å²) in [6, 6.07) is 0. The number of hydrogen-bond donors (Lipinski definition) is 0. The number of hydrogen-bond acceptors (Lipinski definition) is 7. The third kappa shape index (κ3) is 4.63. The zero-order valence-electron chi connectivity index (χ0n) is 9.51. The van der Waals surface area contributed by atoms with E-state index in [-0.39, 0.29) is 0 Å². The summed E-state index contributed by atoms with van der Waals surface area (Å²) in [7, 11) is 2.28. The zero-order chi connectivity index (χ0) is 12.7. The van der Waals surface area contributed by atoms with E-state index in [1.807, 2.05) is 0 Å². The molecule has 7 heteroatoms. The van der Waals surface area contributed by atoms with Crippen LogP contribution in [0, 0.1) is 0 Å². The van der Waals surface area contributed by atoms with Gasteiger partial charge in [0, 0.05) is 0 Å². The Balaban J connectivity index is 4.15. The quantitative estimate of drug-likeness (QED) is 0.509. The van der Waals surface area contributed by atoms with Crippen LogP contribution in [0.15, 0.2) is 0 Å². The standard InChI is InChI=1S/C9H14O7/c1-5(7(10)13-3)15-8(11)6(2)16-9(12)14-4/h5-6H,1-4H3. The third-order valence-electron chi connectivity index (χ3n) is 1.60. The van der Waals surface area contributed by atoms with E-state index < -0.39 is 30.3 Å². The molecule has 0 fully saturated rings. The molecule has 0 aliphatic heterocycles. The first-order valence-corrected chi connectivity index (χ1v) is 4.45. The summed E-state index contributed by atoms with van der Waals surface area (Å²) in [4.78, 5) is 32.8. The Kier molecular flexibility index (Phi) is 5.91. The second-order valence-electron chi connectivity index (χ2n) is 2.82. The number of carbonyl (C=O) groups is 3. The Morgan fingerprint density at radius 1 is 0.812 bits per heavy atom. The van der Waals surface area contributed by atoms with Gasteiger partial charge in [-0.15, -0.1) is 0 Å². The molecule has 16 heavy (non-hydrogen) atoms. The lowest BCUT2D eigenvalue weighted by atomic mass is 10.4. The van der Waals surface area contributed by atoms with Crippen LogP contribution in [0.25, 0.3) is 0 Å². The molecule has 0 heterocycles. The fourth-order valence-electron chi connectivity index (χ4n) is 0.725. The van der Waals surface area contributed by atoms with E-state index in [1.54, 1.807) is 0 Å². The third-order valence-corrected chi connectivity index (χ3v) is 1.60. The molecule has 0 amide bonds. The van der Waals surface area contributed by atoms with Crippen LogP contribution in [0.2, 0.25) is 0 Å². The van der Waals surface area contributed by atoms with Gasteiger partial charge in [-0.1, -0.05) is 0 Å². The van der Waals surface area contributed by atoms with E-state index in [1.165, 1.54) is 21.0 Å². The predicted molar refractivity (Wildman–Crippen MR) is 50.5 cm³/mol. The molecule has 92 valence electrons. The van der Waals surface area contributed by atoms with Crippen LogP contribution in [0.5, 0.6) is 0 Å². The first-order valence-electron chi connectivity index (χ1n) is 4.45. The van der Waals surface area contributed by atoms with Gasteiger partial charge in [-0.2, -0.15) is 0 Å². The van der Waals surface area contributed by atoms with Crippen LogP contribution >= 0.6 is 0 Å². The molecule has 0 aliphatic rings. The number of methoxy groups -OCH3 is 2. The Labute approximate surface area is 92.6 Å². The molecule has 0 aromatic rings. The summed E-state index contributed by atoms with van der Waals surface area (Å²) in [6.07, 6.45) is -3.21. The van der Waals surface area contributed by atoms with Gasteiger partial charge in [-0.05, 0) is 13.8 Å². The molecule has 2 unspecified atom stereocenters. The van der Waals surface area contributed by atoms with E-state index in [0.717, 1.165) is 7.11 Å². The van der Waals surface area contributed by atoms with Gasteiger partial charge in [0.1, 0.15) is 0 Å². The highest BCUT2D eigenvalue weighted by Gasteiger charge is 2.25. The number of rotatable bonds is 4. The van der Waals surface area contributed by atoms with E-state index in [0.29, 0.717) is 0 Å². The predicted octanol–water partition coefficient (Wildman–Crippen LogP) is 0.263. The van der Waals surface area contributed by atoms with Crippen molar-refractivity contribution < 1.29 is 33.3 Å². The van der Waals surface area contributed by atoms with Crippen molar-refractivity contribution in [3.8, 4) is 0 Å².